The second-order valence-electron chi connectivity index (χ2n) is 20.8. The molecule has 15 nitrogen and oxygen atoms in total. The highest BCUT2D eigenvalue weighted by atomic mass is 16.7. The van der Waals surface area contributed by atoms with E-state index in [1.54, 1.807) is 0 Å². The van der Waals surface area contributed by atoms with Crippen LogP contribution in [0.5, 0.6) is 0 Å². The summed E-state index contributed by atoms with van der Waals surface area (Å²) in [4.78, 5) is 25.9. The molecule has 2 saturated heterocycles. The summed E-state index contributed by atoms with van der Waals surface area (Å²) in [6.07, 6.45) is 29.4. The molecule has 72 heavy (non-hydrogen) atoms. The molecule has 2 heterocycles. The maximum absolute atomic E-state index is 13.1. The molecule has 0 aliphatic carbocycles. The zero-order valence-electron chi connectivity index (χ0n) is 45.2. The number of hydrogen-bond donors (Lipinski definition) is 7. The quantitative estimate of drug-likeness (QED) is 0.0171. The summed E-state index contributed by atoms with van der Waals surface area (Å²) in [7, 11) is 0. The van der Waals surface area contributed by atoms with E-state index in [1.807, 2.05) is 0 Å². The summed E-state index contributed by atoms with van der Waals surface area (Å²) < 4.78 is 33.7. The number of rotatable bonds is 47. The van der Waals surface area contributed by atoms with Gasteiger partial charge in [0.1, 0.15) is 55.4 Å². The van der Waals surface area contributed by atoms with Crippen molar-refractivity contribution in [2.45, 2.75) is 313 Å². The molecule has 0 amide bonds. The predicted molar refractivity (Wildman–Crippen MR) is 280 cm³/mol. The summed E-state index contributed by atoms with van der Waals surface area (Å²) in [5.41, 5.74) is 0. The fourth-order valence-corrected chi connectivity index (χ4v) is 9.45. The molecule has 4 unspecified atom stereocenters. The third-order valence-electron chi connectivity index (χ3n) is 14.2. The van der Waals surface area contributed by atoms with Crippen molar-refractivity contribution in [3.05, 3.63) is 12.2 Å². The van der Waals surface area contributed by atoms with Crippen molar-refractivity contribution in [2.24, 2.45) is 0 Å². The molecule has 0 bridgehead atoms. The van der Waals surface area contributed by atoms with E-state index in [1.165, 1.54) is 167 Å². The molecule has 11 atom stereocenters. The van der Waals surface area contributed by atoms with Crippen LogP contribution in [0.3, 0.4) is 0 Å². The molecule has 2 fully saturated rings. The molecule has 0 aromatic rings. The monoisotopic (exact) mass is 1030 g/mol. The Morgan fingerprint density at radius 1 is 0.431 bits per heavy atom. The first kappa shape index (κ1) is 66.4. The van der Waals surface area contributed by atoms with Crippen LogP contribution < -0.4 is 0 Å². The molecule has 2 aliphatic heterocycles. The van der Waals surface area contributed by atoms with E-state index in [0.717, 1.165) is 38.5 Å². The number of esters is 2. The number of aliphatic hydroxyl groups is 7. The number of aliphatic hydroxyl groups excluding tert-OH is 7. The van der Waals surface area contributed by atoms with Crippen molar-refractivity contribution in [2.75, 3.05) is 26.4 Å². The molecule has 7 N–H and O–H groups in total. The summed E-state index contributed by atoms with van der Waals surface area (Å²) >= 11 is 0. The van der Waals surface area contributed by atoms with Gasteiger partial charge in [0.15, 0.2) is 18.7 Å². The Morgan fingerprint density at radius 3 is 1.24 bits per heavy atom. The number of carbonyl (C=O) groups is 2. The van der Waals surface area contributed by atoms with Gasteiger partial charge in [-0.05, 0) is 38.5 Å². The molecule has 2 rings (SSSR count). The zero-order valence-corrected chi connectivity index (χ0v) is 45.2. The molecular weight excluding hydrogens is 925 g/mol. The third-order valence-corrected chi connectivity index (χ3v) is 14.2. The van der Waals surface area contributed by atoms with Gasteiger partial charge in [-0.15, -0.1) is 0 Å². The van der Waals surface area contributed by atoms with E-state index in [4.69, 9.17) is 28.4 Å². The summed E-state index contributed by atoms with van der Waals surface area (Å²) in [6, 6.07) is 0. The molecule has 2 aliphatic rings. The summed E-state index contributed by atoms with van der Waals surface area (Å²) in [5.74, 6) is -0.911. The summed E-state index contributed by atoms with van der Waals surface area (Å²) in [6.45, 7) is 2.63. The van der Waals surface area contributed by atoms with Gasteiger partial charge in [0.25, 0.3) is 0 Å². The van der Waals surface area contributed by atoms with Gasteiger partial charge in [-0.3, -0.25) is 9.59 Å². The number of ether oxygens (including phenoxy) is 6. The van der Waals surface area contributed by atoms with Crippen LogP contribution in [0, 0.1) is 0 Å². The van der Waals surface area contributed by atoms with Gasteiger partial charge in [-0.1, -0.05) is 206 Å². The molecular formula is C57H106O15. The minimum Gasteiger partial charge on any atom is -0.462 e. The molecule has 0 spiro atoms. The van der Waals surface area contributed by atoms with Crippen LogP contribution in [-0.2, 0) is 38.0 Å². The standard InChI is InChI=1S/C57H106O15/c1-3-5-7-9-11-13-15-17-19-21-22-24-26-28-30-32-34-36-38-40-49(60)70-45(42-67-48(59)39-37-35-33-31-29-27-25-23-20-18-16-14-12-10-8-6-4-2)43-68-56-55(66)53(64)51(62)47(72-56)44-69-57-54(65)52(63)50(61)46(41-58)71-57/h14,16,45-47,50-58,61-66H,3-13,15,17-44H2,1-2H3/b16-14+/t45-,46+,47+,50-,51-,52?,53?,54?,55?,56+,57+/m1/s1. The van der Waals surface area contributed by atoms with Gasteiger partial charge in [0, 0.05) is 12.8 Å². The molecule has 424 valence electrons. The number of carbonyl (C=O) groups excluding carboxylic acids is 2. The number of hydrogen-bond acceptors (Lipinski definition) is 15. The Labute approximate surface area is 435 Å². The first-order chi connectivity index (χ1) is 35.0. The third kappa shape index (κ3) is 31.3. The lowest BCUT2D eigenvalue weighted by molar-refractivity contribution is -0.332. The van der Waals surface area contributed by atoms with Crippen molar-refractivity contribution < 1.29 is 73.8 Å². The molecule has 0 saturated carbocycles. The van der Waals surface area contributed by atoms with E-state index in [0.29, 0.717) is 12.8 Å². The zero-order chi connectivity index (χ0) is 52.4. The van der Waals surface area contributed by atoms with Crippen LogP contribution in [-0.4, -0.2) is 142 Å². The van der Waals surface area contributed by atoms with Gasteiger partial charge >= 0.3 is 11.9 Å². The first-order valence-corrected chi connectivity index (χ1v) is 29.3. The molecule has 0 aromatic heterocycles. The van der Waals surface area contributed by atoms with Crippen LogP contribution >= 0.6 is 0 Å². The summed E-state index contributed by atoms with van der Waals surface area (Å²) in [5, 5.41) is 72.3. The van der Waals surface area contributed by atoms with E-state index >= 15 is 0 Å². The second kappa shape index (κ2) is 44.4. The van der Waals surface area contributed by atoms with Gasteiger partial charge < -0.3 is 64.2 Å². The number of allylic oxidation sites excluding steroid dienone is 2. The van der Waals surface area contributed by atoms with Crippen molar-refractivity contribution in [3.63, 3.8) is 0 Å². The Morgan fingerprint density at radius 2 is 0.792 bits per heavy atom. The lowest BCUT2D eigenvalue weighted by Gasteiger charge is -2.42. The van der Waals surface area contributed by atoms with Crippen molar-refractivity contribution >= 4 is 11.9 Å². The van der Waals surface area contributed by atoms with Gasteiger partial charge in [0.05, 0.1) is 19.8 Å². The predicted octanol–water partition coefficient (Wildman–Crippen LogP) is 9.72. The number of unbranched alkanes of at least 4 members (excludes halogenated alkanes) is 31. The lowest BCUT2D eigenvalue weighted by Crippen LogP contribution is -2.61. The van der Waals surface area contributed by atoms with Crippen LogP contribution in [0.25, 0.3) is 0 Å². The maximum atomic E-state index is 13.1. The topological polar surface area (TPSA) is 231 Å². The lowest BCUT2D eigenvalue weighted by atomic mass is 9.98. The Hall–Kier alpha value is -1.76. The van der Waals surface area contributed by atoms with Crippen LogP contribution in [0.15, 0.2) is 12.2 Å². The highest BCUT2D eigenvalue weighted by molar-refractivity contribution is 5.70. The van der Waals surface area contributed by atoms with E-state index in [-0.39, 0.29) is 26.1 Å². The maximum Gasteiger partial charge on any atom is 0.306 e. The van der Waals surface area contributed by atoms with E-state index in [9.17, 15) is 45.3 Å². The van der Waals surface area contributed by atoms with Crippen molar-refractivity contribution in [1.82, 2.24) is 0 Å². The largest absolute Gasteiger partial charge is 0.462 e. The average molecular weight is 1030 g/mol. The SMILES string of the molecule is CCCCCC/C=C/CCCCCCCCCCCC(=O)OC[C@H](CO[C@H]1O[C@@H](CO[C@H]2O[C@@H](CO)[C@@H](O)C(O)C2O)[C@@H](O)C(O)C1O)OC(=O)CCCCCCCCCCCCCCCCCCCCC. The van der Waals surface area contributed by atoms with Gasteiger partial charge in [-0.25, -0.2) is 0 Å². The van der Waals surface area contributed by atoms with Crippen molar-refractivity contribution in [1.29, 1.82) is 0 Å². The molecule has 15 heteroatoms. The first-order valence-electron chi connectivity index (χ1n) is 29.3. The fourth-order valence-electron chi connectivity index (χ4n) is 9.45. The van der Waals surface area contributed by atoms with Crippen LogP contribution in [0.2, 0.25) is 0 Å². The average Bonchev–Trinajstić information content (AvgIpc) is 3.37. The van der Waals surface area contributed by atoms with Gasteiger partial charge in [-0.2, -0.15) is 0 Å². The van der Waals surface area contributed by atoms with Crippen molar-refractivity contribution in [3.8, 4) is 0 Å². The Bertz CT molecular complexity index is 1300. The van der Waals surface area contributed by atoms with Crippen LogP contribution in [0.4, 0.5) is 0 Å². The minimum absolute atomic E-state index is 0.171. The molecule has 0 aromatic carbocycles. The Balaban J connectivity index is 1.75. The van der Waals surface area contributed by atoms with E-state index in [2.05, 4.69) is 26.0 Å². The minimum atomic E-state index is -1.76. The highest BCUT2D eigenvalue weighted by Crippen LogP contribution is 2.27. The fraction of sp³-hybridized carbons (Fsp3) is 0.930. The highest BCUT2D eigenvalue weighted by Gasteiger charge is 2.47. The van der Waals surface area contributed by atoms with Gasteiger partial charge in [0.2, 0.25) is 0 Å². The normalized spacial score (nSPS) is 25.0. The smallest absolute Gasteiger partial charge is 0.306 e. The van der Waals surface area contributed by atoms with E-state index < -0.39 is 92.7 Å². The Kier molecular flexibility index (Phi) is 40.9. The second-order valence-corrected chi connectivity index (χ2v) is 20.8. The van der Waals surface area contributed by atoms with Crippen LogP contribution in [0.1, 0.15) is 245 Å². The molecule has 0 radical (unpaired) electrons.